The fourth-order valence-corrected chi connectivity index (χ4v) is 14.0. The normalized spacial score (nSPS) is 25.1. The molecule has 1 aliphatic heterocycles. The number of nitrogens with one attached hydrogen (secondary N) is 5. The molecule has 0 radical (unpaired) electrons. The molecule has 27 nitrogen and oxygen atoms in total. The lowest BCUT2D eigenvalue weighted by Crippen LogP contribution is -2.64. The Hall–Kier alpha value is -6.58. The van der Waals surface area contributed by atoms with Crippen molar-refractivity contribution in [3.05, 3.63) is 0 Å². The second kappa shape index (κ2) is 43.6. The molecule has 102 heavy (non-hydrogen) atoms. The number of carbonyl (C=O) groups excluding carboxylic acids is 13. The van der Waals surface area contributed by atoms with Gasteiger partial charge in [-0.05, 0) is 107 Å². The number of esters is 1. The molecule has 6 N–H and O–H groups in total. The minimum atomic E-state index is -1.69. The standard InChI is InChI=1S/C74H134N12O15S/c1-28-52-68(95)84(24)57(41-102-74(18,19)35-34-58(88)101-27)71(98)80(20)54(38-43(4)5)65(92)79-59(46(10)11)72(99)81(21)53(37-42(2)3)64(91)76-49(15)63(90)77-50(16)67(94)82(22)55(39-44(6)7)69(96)83(23)56(40-45(8)9)70(97)85(25)60(47(12)13)73(100)86(26)61(66(93)78-52)62(89)48(14)33-31-29-30-32-36-75-51(17)87/h42-50,52-57,59-62,89H,28-41H2,1-27H3,(H,75,87)(H,76,91)(H,77,90)(H,78,93)(H,79,92)/t48-,49+,50-,52+,53+,54+,55+,56+,57-,59+,60+,61+,62-/m1/s1. The van der Waals surface area contributed by atoms with Gasteiger partial charge in [0.25, 0.3) is 0 Å². The number of aliphatic hydroxyl groups is 1. The van der Waals surface area contributed by atoms with Gasteiger partial charge < -0.3 is 70.7 Å². The predicted octanol–water partition coefficient (Wildman–Crippen LogP) is 5.22. The Kier molecular flexibility index (Phi) is 40.0. The average molecular weight is 1460 g/mol. The summed E-state index contributed by atoms with van der Waals surface area (Å²) in [6.45, 7) is 33.7. The molecule has 12 amide bonds. The molecule has 0 aromatic rings. The van der Waals surface area contributed by atoms with Crippen LogP contribution in [0.15, 0.2) is 0 Å². The zero-order valence-corrected chi connectivity index (χ0v) is 67.9. The van der Waals surface area contributed by atoms with Crippen molar-refractivity contribution in [1.29, 1.82) is 0 Å². The van der Waals surface area contributed by atoms with Gasteiger partial charge in [0.05, 0.1) is 13.2 Å². The maximum atomic E-state index is 15.6. The quantitative estimate of drug-likeness (QED) is 0.0477. The number of aliphatic hydroxyl groups excluding tert-OH is 1. The van der Waals surface area contributed by atoms with Crippen molar-refractivity contribution >= 4 is 88.6 Å². The Labute approximate surface area is 615 Å². The van der Waals surface area contributed by atoms with E-state index in [1.54, 1.807) is 41.5 Å². The number of nitrogens with zero attached hydrogens (tertiary/aromatic N) is 7. The summed E-state index contributed by atoms with van der Waals surface area (Å²) in [5.41, 5.74) is 0. The van der Waals surface area contributed by atoms with Crippen molar-refractivity contribution in [3.8, 4) is 0 Å². The first-order chi connectivity index (χ1) is 47.1. The molecular weight excluding hydrogens is 1330 g/mol. The van der Waals surface area contributed by atoms with Crippen molar-refractivity contribution in [2.24, 2.45) is 41.4 Å². The van der Waals surface area contributed by atoms with Gasteiger partial charge in [0.1, 0.15) is 66.5 Å². The molecule has 13 atom stereocenters. The number of hydrogen-bond donors (Lipinski definition) is 6. The highest BCUT2D eigenvalue weighted by atomic mass is 32.2. The van der Waals surface area contributed by atoms with Crippen molar-refractivity contribution in [2.45, 2.75) is 286 Å². The lowest BCUT2D eigenvalue weighted by molar-refractivity contribution is -0.157. The van der Waals surface area contributed by atoms with Crippen molar-refractivity contribution in [1.82, 2.24) is 60.9 Å². The van der Waals surface area contributed by atoms with E-state index in [-0.39, 0.29) is 73.9 Å². The smallest absolute Gasteiger partial charge is 0.305 e. The first-order valence-corrected chi connectivity index (χ1v) is 37.8. The number of thioether (sulfide) groups is 1. The highest BCUT2D eigenvalue weighted by Gasteiger charge is 2.47. The first kappa shape index (κ1) is 93.4. The van der Waals surface area contributed by atoms with Gasteiger partial charge in [-0.1, -0.05) is 130 Å². The number of unbranched alkanes of at least 4 members (excludes halogenated alkanes) is 3. The van der Waals surface area contributed by atoms with E-state index in [1.807, 2.05) is 69.2 Å². The highest BCUT2D eigenvalue weighted by Crippen LogP contribution is 2.33. The summed E-state index contributed by atoms with van der Waals surface area (Å²) in [4.78, 5) is 198. The minimum Gasteiger partial charge on any atom is -0.469 e. The molecular formula is C74H134N12O15S. The van der Waals surface area contributed by atoms with Crippen LogP contribution in [0.3, 0.4) is 0 Å². The Balaban J connectivity index is 4.63. The summed E-state index contributed by atoms with van der Waals surface area (Å²) in [7, 11) is 11.2. The van der Waals surface area contributed by atoms with Crippen LogP contribution in [0, 0.1) is 41.4 Å². The van der Waals surface area contributed by atoms with Gasteiger partial charge in [-0.15, -0.1) is 0 Å². The van der Waals surface area contributed by atoms with Crippen LogP contribution < -0.4 is 26.6 Å². The predicted molar refractivity (Wildman–Crippen MR) is 397 cm³/mol. The number of rotatable bonds is 26. The molecule has 0 saturated carbocycles. The van der Waals surface area contributed by atoms with Crippen molar-refractivity contribution in [3.63, 3.8) is 0 Å². The third kappa shape index (κ3) is 28.5. The first-order valence-electron chi connectivity index (χ1n) is 36.9. The van der Waals surface area contributed by atoms with E-state index in [9.17, 15) is 33.9 Å². The van der Waals surface area contributed by atoms with Crippen LogP contribution in [0.4, 0.5) is 0 Å². The molecule has 1 heterocycles. The molecule has 1 fully saturated rings. The number of hydrogen-bond acceptors (Lipinski definition) is 16. The maximum absolute atomic E-state index is 15.6. The minimum absolute atomic E-state index is 0.0396. The lowest BCUT2D eigenvalue weighted by Gasteiger charge is -2.42. The third-order valence-electron chi connectivity index (χ3n) is 19.4. The molecule has 0 unspecified atom stereocenters. The van der Waals surface area contributed by atoms with Crippen LogP contribution in [0.2, 0.25) is 0 Å². The SMILES string of the molecule is CC[C@@H]1NC(=O)[C@H]([C@H](O)[C@H](C)CCCCCCNC(C)=O)N(C)C(=O)[C@H](C(C)C)N(C)C(=O)[C@H](CC(C)C)N(C)C(=O)[C@H](CC(C)C)N(C)C(=O)[C@@H](C)NC(=O)[C@H](C)NC(=O)[C@H](CC(C)C)N(C)C(=O)[C@H](C(C)C)NC(=O)[C@H](CC(C)C)N(C)C(=O)[C@@H](CSC(C)(C)CCC(=O)OC)N(C)C1=O. The van der Waals surface area contributed by atoms with Gasteiger partial charge >= 0.3 is 5.97 Å². The fraction of sp³-hybridized carbons (Fsp3) is 0.824. The number of likely N-dealkylation sites (N-methyl/N-ethyl adjacent to an activating group) is 7. The van der Waals surface area contributed by atoms with Gasteiger partial charge in [-0.25, -0.2) is 0 Å². The van der Waals surface area contributed by atoms with Crippen LogP contribution in [-0.4, -0.2) is 262 Å². The molecule has 0 aliphatic carbocycles. The van der Waals surface area contributed by atoms with E-state index in [4.69, 9.17) is 4.74 Å². The highest BCUT2D eigenvalue weighted by molar-refractivity contribution is 8.00. The number of carbonyl (C=O) groups is 13. The summed E-state index contributed by atoms with van der Waals surface area (Å²) >= 11 is 1.29. The van der Waals surface area contributed by atoms with Crippen LogP contribution >= 0.6 is 11.8 Å². The second-order valence-corrected chi connectivity index (χ2v) is 33.1. The van der Waals surface area contributed by atoms with Gasteiger partial charge in [0, 0.05) is 79.7 Å². The van der Waals surface area contributed by atoms with E-state index in [2.05, 4.69) is 26.6 Å². The van der Waals surface area contributed by atoms with Crippen molar-refractivity contribution in [2.75, 3.05) is 68.7 Å². The largest absolute Gasteiger partial charge is 0.469 e. The monoisotopic (exact) mass is 1460 g/mol. The lowest BCUT2D eigenvalue weighted by atomic mass is 9.90. The Bertz CT molecular complexity index is 2800. The maximum Gasteiger partial charge on any atom is 0.305 e. The van der Waals surface area contributed by atoms with Crippen LogP contribution in [0.25, 0.3) is 0 Å². The molecule has 28 heteroatoms. The zero-order chi connectivity index (χ0) is 78.9. The Morgan fingerprint density at radius 3 is 1.39 bits per heavy atom. The topological polar surface area (TPSA) is 334 Å². The summed E-state index contributed by atoms with van der Waals surface area (Å²) < 4.78 is 4.24. The van der Waals surface area contributed by atoms with E-state index in [0.717, 1.165) is 11.3 Å². The molecule has 0 bridgehead atoms. The van der Waals surface area contributed by atoms with Crippen LogP contribution in [-0.2, 0) is 67.1 Å². The van der Waals surface area contributed by atoms with E-state index >= 15 is 33.6 Å². The average Bonchev–Trinajstić information content (AvgIpc) is 0.803. The molecule has 1 aliphatic rings. The van der Waals surface area contributed by atoms with Gasteiger partial charge in [0.15, 0.2) is 0 Å². The van der Waals surface area contributed by atoms with E-state index in [0.29, 0.717) is 38.6 Å². The zero-order valence-electron chi connectivity index (χ0n) is 67.1. The summed E-state index contributed by atoms with van der Waals surface area (Å²) in [6.07, 6.45) is 2.35. The Morgan fingerprint density at radius 2 is 0.922 bits per heavy atom. The number of methoxy groups -OCH3 is 1. The third-order valence-corrected chi connectivity index (χ3v) is 20.9. The van der Waals surface area contributed by atoms with Crippen molar-refractivity contribution < 1.29 is 72.2 Å². The van der Waals surface area contributed by atoms with Gasteiger partial charge in [-0.3, -0.25) is 62.3 Å². The fourth-order valence-electron chi connectivity index (χ4n) is 12.8. The van der Waals surface area contributed by atoms with E-state index in [1.165, 1.54) is 118 Å². The summed E-state index contributed by atoms with van der Waals surface area (Å²) in [6, 6.07) is -14.3. The second-order valence-electron chi connectivity index (χ2n) is 31.3. The number of ether oxygens (including phenoxy) is 1. The van der Waals surface area contributed by atoms with Crippen LogP contribution in [0.5, 0.6) is 0 Å². The summed E-state index contributed by atoms with van der Waals surface area (Å²) in [5, 5.41) is 26.6. The van der Waals surface area contributed by atoms with Gasteiger partial charge in [-0.2, -0.15) is 11.8 Å². The number of amides is 12. The molecule has 1 rings (SSSR count). The summed E-state index contributed by atoms with van der Waals surface area (Å²) in [5.74, 6) is -11.1. The molecule has 0 spiro atoms. The van der Waals surface area contributed by atoms with E-state index < -0.39 is 166 Å². The molecule has 586 valence electrons. The van der Waals surface area contributed by atoms with Gasteiger partial charge in [0.2, 0.25) is 70.9 Å². The molecule has 0 aromatic carbocycles. The van der Waals surface area contributed by atoms with Crippen LogP contribution in [0.1, 0.15) is 209 Å². The molecule has 0 aromatic heterocycles. The molecule has 1 saturated heterocycles. The Morgan fingerprint density at radius 1 is 0.500 bits per heavy atom.